The molecule has 0 amide bonds. The maximum absolute atomic E-state index is 3.50. The minimum Gasteiger partial charge on any atom is -0.315 e. The molecule has 1 aliphatic heterocycles. The summed E-state index contributed by atoms with van der Waals surface area (Å²) in [7, 11) is 2.25. The monoisotopic (exact) mass is 244 g/mol. The smallest absolute Gasteiger partial charge is 0.0259 e. The first-order valence-electron chi connectivity index (χ1n) is 6.55. The number of nitrogens with one attached hydrogen (secondary N) is 1. The van der Waals surface area contributed by atoms with Gasteiger partial charge in [0, 0.05) is 24.4 Å². The fourth-order valence-electron chi connectivity index (χ4n) is 2.27. The quantitative estimate of drug-likeness (QED) is 0.693. The van der Waals surface area contributed by atoms with E-state index in [1.54, 1.807) is 0 Å². The molecule has 0 aromatic carbocycles. The van der Waals surface area contributed by atoms with Gasteiger partial charge in [0.05, 0.1) is 0 Å². The molecule has 0 aliphatic carbocycles. The minimum absolute atomic E-state index is 0.521. The number of thioether (sulfide) groups is 1. The van der Waals surface area contributed by atoms with Crippen molar-refractivity contribution in [2.45, 2.75) is 38.4 Å². The van der Waals surface area contributed by atoms with Crippen molar-refractivity contribution in [1.29, 1.82) is 0 Å². The molecule has 1 N–H and O–H groups in total. The van der Waals surface area contributed by atoms with E-state index in [1.807, 2.05) is 0 Å². The van der Waals surface area contributed by atoms with E-state index in [4.69, 9.17) is 0 Å². The highest BCUT2D eigenvalue weighted by molar-refractivity contribution is 8.00. The highest BCUT2D eigenvalue weighted by Crippen LogP contribution is 2.37. The van der Waals surface area contributed by atoms with E-state index in [2.05, 4.69) is 49.8 Å². The van der Waals surface area contributed by atoms with Crippen molar-refractivity contribution in [2.75, 3.05) is 39.0 Å². The third-order valence-corrected chi connectivity index (χ3v) is 4.65. The molecule has 1 atom stereocenters. The lowest BCUT2D eigenvalue weighted by Crippen LogP contribution is -2.38. The lowest BCUT2D eigenvalue weighted by molar-refractivity contribution is 0.296. The van der Waals surface area contributed by atoms with E-state index < -0.39 is 0 Å². The van der Waals surface area contributed by atoms with Gasteiger partial charge in [-0.3, -0.25) is 0 Å². The molecule has 1 heterocycles. The Morgan fingerprint density at radius 1 is 1.44 bits per heavy atom. The molecule has 1 unspecified atom stereocenters. The summed E-state index contributed by atoms with van der Waals surface area (Å²) < 4.78 is 0.521. The average molecular weight is 244 g/mol. The highest BCUT2D eigenvalue weighted by atomic mass is 32.2. The number of likely N-dealkylation sites (N-methyl/N-ethyl adjacent to an activating group) is 1. The van der Waals surface area contributed by atoms with E-state index in [0.717, 1.165) is 19.0 Å². The molecule has 1 fully saturated rings. The molecule has 1 aliphatic rings. The first-order valence-corrected chi connectivity index (χ1v) is 7.54. The van der Waals surface area contributed by atoms with Gasteiger partial charge in [-0.15, -0.1) is 0 Å². The largest absolute Gasteiger partial charge is 0.315 e. The first kappa shape index (κ1) is 14.3. The molecule has 16 heavy (non-hydrogen) atoms. The van der Waals surface area contributed by atoms with Crippen LogP contribution in [0.2, 0.25) is 0 Å². The molecule has 1 saturated heterocycles. The van der Waals surface area contributed by atoms with E-state index >= 15 is 0 Å². The zero-order chi connectivity index (χ0) is 12.0. The zero-order valence-electron chi connectivity index (χ0n) is 11.4. The Morgan fingerprint density at radius 2 is 2.19 bits per heavy atom. The Balaban J connectivity index is 2.08. The zero-order valence-corrected chi connectivity index (χ0v) is 12.2. The van der Waals surface area contributed by atoms with Gasteiger partial charge in [-0.2, -0.15) is 11.8 Å². The average Bonchev–Trinajstić information content (AvgIpc) is 2.59. The molecular formula is C13H28N2S. The first-order chi connectivity index (χ1) is 7.52. The molecule has 0 bridgehead atoms. The summed E-state index contributed by atoms with van der Waals surface area (Å²) in [6.07, 6.45) is 2.79. The lowest BCUT2D eigenvalue weighted by atomic mass is 10.1. The summed E-state index contributed by atoms with van der Waals surface area (Å²) in [5, 5.41) is 3.50. The van der Waals surface area contributed by atoms with Crippen molar-refractivity contribution >= 4 is 11.8 Å². The Labute approximate surface area is 106 Å². The summed E-state index contributed by atoms with van der Waals surface area (Å²) >= 11 is 2.16. The minimum atomic E-state index is 0.521. The van der Waals surface area contributed by atoms with Gasteiger partial charge >= 0.3 is 0 Å². The predicted molar refractivity (Wildman–Crippen MR) is 75.3 cm³/mol. The van der Waals surface area contributed by atoms with Crippen molar-refractivity contribution in [3.63, 3.8) is 0 Å². The normalized spacial score (nSPS) is 25.9. The molecule has 0 radical (unpaired) electrons. The fraction of sp³-hybridized carbons (Fsp3) is 1.00. The molecule has 96 valence electrons. The SMILES string of the molecule is CC(C)CNCCN(C)CC1(C)CCCS1. The summed E-state index contributed by atoms with van der Waals surface area (Å²) in [5.41, 5.74) is 0. The molecule has 0 saturated carbocycles. The van der Waals surface area contributed by atoms with Gasteiger partial charge in [-0.1, -0.05) is 13.8 Å². The molecule has 0 aromatic rings. The van der Waals surface area contributed by atoms with E-state index in [0.29, 0.717) is 4.75 Å². The van der Waals surface area contributed by atoms with Gasteiger partial charge in [0.15, 0.2) is 0 Å². The van der Waals surface area contributed by atoms with E-state index in [9.17, 15) is 0 Å². The van der Waals surface area contributed by atoms with Crippen LogP contribution >= 0.6 is 11.8 Å². The molecule has 1 rings (SSSR count). The van der Waals surface area contributed by atoms with E-state index in [-0.39, 0.29) is 0 Å². The molecular weight excluding hydrogens is 216 g/mol. The second kappa shape index (κ2) is 6.87. The van der Waals surface area contributed by atoms with Gasteiger partial charge in [-0.25, -0.2) is 0 Å². The van der Waals surface area contributed by atoms with Crippen LogP contribution in [0.15, 0.2) is 0 Å². The Bertz CT molecular complexity index is 188. The van der Waals surface area contributed by atoms with Crippen molar-refractivity contribution in [2.24, 2.45) is 5.92 Å². The second-order valence-electron chi connectivity index (χ2n) is 5.74. The van der Waals surface area contributed by atoms with Crippen molar-refractivity contribution in [1.82, 2.24) is 10.2 Å². The van der Waals surface area contributed by atoms with E-state index in [1.165, 1.54) is 31.7 Å². The van der Waals surface area contributed by atoms with Gasteiger partial charge in [0.2, 0.25) is 0 Å². The predicted octanol–water partition coefficient (Wildman–Crippen LogP) is 2.45. The number of hydrogen-bond donors (Lipinski definition) is 1. The van der Waals surface area contributed by atoms with Crippen LogP contribution in [0.5, 0.6) is 0 Å². The summed E-state index contributed by atoms with van der Waals surface area (Å²) in [5.74, 6) is 2.11. The van der Waals surface area contributed by atoms with Gasteiger partial charge in [0.25, 0.3) is 0 Å². The third kappa shape index (κ3) is 5.55. The van der Waals surface area contributed by atoms with Crippen LogP contribution in [0, 0.1) is 5.92 Å². The Morgan fingerprint density at radius 3 is 2.75 bits per heavy atom. The molecule has 0 aromatic heterocycles. The van der Waals surface area contributed by atoms with Crippen LogP contribution in [0.3, 0.4) is 0 Å². The maximum atomic E-state index is 3.50. The van der Waals surface area contributed by atoms with Crippen LogP contribution in [0.4, 0.5) is 0 Å². The van der Waals surface area contributed by atoms with Crippen LogP contribution in [-0.2, 0) is 0 Å². The number of hydrogen-bond acceptors (Lipinski definition) is 3. The summed E-state index contributed by atoms with van der Waals surface area (Å²) in [6, 6.07) is 0. The molecule has 2 nitrogen and oxygen atoms in total. The highest BCUT2D eigenvalue weighted by Gasteiger charge is 2.30. The maximum Gasteiger partial charge on any atom is 0.0259 e. The van der Waals surface area contributed by atoms with Crippen molar-refractivity contribution in [3.05, 3.63) is 0 Å². The van der Waals surface area contributed by atoms with Crippen molar-refractivity contribution in [3.8, 4) is 0 Å². The Kier molecular flexibility index (Phi) is 6.16. The number of rotatable bonds is 7. The second-order valence-corrected chi connectivity index (χ2v) is 7.42. The molecule has 0 spiro atoms. The topological polar surface area (TPSA) is 15.3 Å². The van der Waals surface area contributed by atoms with Crippen LogP contribution in [0.1, 0.15) is 33.6 Å². The van der Waals surface area contributed by atoms with Crippen molar-refractivity contribution < 1.29 is 0 Å². The lowest BCUT2D eigenvalue weighted by Gasteiger charge is -2.29. The van der Waals surface area contributed by atoms with Crippen LogP contribution in [0.25, 0.3) is 0 Å². The van der Waals surface area contributed by atoms with Gasteiger partial charge in [-0.05, 0) is 45.0 Å². The van der Waals surface area contributed by atoms with Crippen LogP contribution < -0.4 is 5.32 Å². The Hall–Kier alpha value is 0.270. The standard InChI is InChI=1S/C13H28N2S/c1-12(2)10-14-7-8-15(4)11-13(3)6-5-9-16-13/h12,14H,5-11H2,1-4H3. The van der Waals surface area contributed by atoms with Gasteiger partial charge in [0.1, 0.15) is 0 Å². The van der Waals surface area contributed by atoms with Gasteiger partial charge < -0.3 is 10.2 Å². The molecule has 3 heteroatoms. The summed E-state index contributed by atoms with van der Waals surface area (Å²) in [6.45, 7) is 11.6. The third-order valence-electron chi connectivity index (χ3n) is 3.13. The fourth-order valence-corrected chi connectivity index (χ4v) is 3.65. The summed E-state index contributed by atoms with van der Waals surface area (Å²) in [4.78, 5) is 2.48. The van der Waals surface area contributed by atoms with Crippen LogP contribution in [-0.4, -0.2) is 48.6 Å². The number of nitrogens with zero attached hydrogens (tertiary/aromatic N) is 1.